The van der Waals surface area contributed by atoms with E-state index in [2.05, 4.69) is 22.4 Å². The van der Waals surface area contributed by atoms with Crippen LogP contribution in [-0.2, 0) is 6.42 Å². The van der Waals surface area contributed by atoms with Crippen LogP contribution in [0.2, 0.25) is 0 Å². The van der Waals surface area contributed by atoms with Gasteiger partial charge in [0.05, 0.1) is 0 Å². The number of nitrogens with zero attached hydrogens (tertiary/aromatic N) is 1. The zero-order chi connectivity index (χ0) is 9.10. The fraction of sp³-hybridized carbons (Fsp3) is 0.545. The number of pyridine rings is 1. The molecular weight excluding hydrogens is 160 g/mol. The van der Waals surface area contributed by atoms with Gasteiger partial charge in [-0.05, 0) is 50.6 Å². The Morgan fingerprint density at radius 3 is 3.08 bits per heavy atom. The third kappa shape index (κ3) is 2.28. The molecule has 1 fully saturated rings. The van der Waals surface area contributed by atoms with E-state index in [1.165, 1.54) is 24.1 Å². The monoisotopic (exact) mass is 176 g/mol. The van der Waals surface area contributed by atoms with E-state index in [4.69, 9.17) is 0 Å². The Bertz CT molecular complexity index is 279. The topological polar surface area (TPSA) is 24.9 Å². The molecule has 1 saturated carbocycles. The highest BCUT2D eigenvalue weighted by Crippen LogP contribution is 2.38. The Morgan fingerprint density at radius 2 is 2.38 bits per heavy atom. The molecule has 1 aromatic heterocycles. The largest absolute Gasteiger partial charge is 0.319 e. The van der Waals surface area contributed by atoms with Crippen LogP contribution in [0.3, 0.4) is 0 Å². The first-order valence-corrected chi connectivity index (χ1v) is 4.99. The summed E-state index contributed by atoms with van der Waals surface area (Å²) in [5.41, 5.74) is 2.71. The minimum atomic E-state index is 0.773. The summed E-state index contributed by atoms with van der Waals surface area (Å²) in [6.45, 7) is 1.05. The summed E-state index contributed by atoms with van der Waals surface area (Å²) in [6.07, 6.45) is 5.72. The average molecular weight is 176 g/mol. The molecule has 1 N–H and O–H groups in total. The van der Waals surface area contributed by atoms with Crippen molar-refractivity contribution in [3.8, 4) is 0 Å². The van der Waals surface area contributed by atoms with Gasteiger partial charge in [-0.1, -0.05) is 0 Å². The van der Waals surface area contributed by atoms with Gasteiger partial charge in [-0.2, -0.15) is 0 Å². The zero-order valence-corrected chi connectivity index (χ0v) is 8.09. The maximum Gasteiger partial charge on any atom is 0.0437 e. The Balaban J connectivity index is 2.03. The molecule has 0 atom stereocenters. The first kappa shape index (κ1) is 8.70. The lowest BCUT2D eigenvalue weighted by atomic mass is 10.1. The number of hydrogen-bond acceptors (Lipinski definition) is 2. The summed E-state index contributed by atoms with van der Waals surface area (Å²) in [4.78, 5) is 4.39. The van der Waals surface area contributed by atoms with E-state index in [1.807, 2.05) is 13.2 Å². The van der Waals surface area contributed by atoms with E-state index in [0.717, 1.165) is 18.9 Å². The minimum absolute atomic E-state index is 0.773. The van der Waals surface area contributed by atoms with Crippen LogP contribution >= 0.6 is 0 Å². The van der Waals surface area contributed by atoms with Crippen LogP contribution in [0.15, 0.2) is 18.3 Å². The molecule has 0 aromatic carbocycles. The van der Waals surface area contributed by atoms with Crippen LogP contribution in [0, 0.1) is 0 Å². The first-order chi connectivity index (χ1) is 6.40. The van der Waals surface area contributed by atoms with Crippen molar-refractivity contribution in [3.63, 3.8) is 0 Å². The van der Waals surface area contributed by atoms with Gasteiger partial charge in [-0.25, -0.2) is 0 Å². The van der Waals surface area contributed by atoms with Gasteiger partial charge < -0.3 is 5.32 Å². The van der Waals surface area contributed by atoms with Gasteiger partial charge in [0.1, 0.15) is 0 Å². The summed E-state index contributed by atoms with van der Waals surface area (Å²) in [6, 6.07) is 4.37. The predicted molar refractivity (Wildman–Crippen MR) is 53.8 cm³/mol. The molecule has 1 aromatic rings. The fourth-order valence-corrected chi connectivity index (χ4v) is 1.52. The fourth-order valence-electron chi connectivity index (χ4n) is 1.52. The highest BCUT2D eigenvalue weighted by atomic mass is 14.8. The van der Waals surface area contributed by atoms with Crippen molar-refractivity contribution < 1.29 is 0 Å². The summed E-state index contributed by atoms with van der Waals surface area (Å²) in [5, 5.41) is 3.16. The van der Waals surface area contributed by atoms with Crippen LogP contribution in [0.4, 0.5) is 0 Å². The van der Waals surface area contributed by atoms with Gasteiger partial charge in [-0.15, -0.1) is 0 Å². The second-order valence-corrected chi connectivity index (χ2v) is 3.72. The third-order valence-electron chi connectivity index (χ3n) is 2.50. The molecule has 0 bridgehead atoms. The van der Waals surface area contributed by atoms with Crippen molar-refractivity contribution in [2.45, 2.75) is 25.2 Å². The van der Waals surface area contributed by atoms with E-state index in [9.17, 15) is 0 Å². The molecule has 1 aliphatic rings. The molecule has 2 nitrogen and oxygen atoms in total. The molecule has 70 valence electrons. The number of rotatable bonds is 4. The molecule has 13 heavy (non-hydrogen) atoms. The smallest absolute Gasteiger partial charge is 0.0437 e. The van der Waals surface area contributed by atoms with E-state index in [0.29, 0.717) is 0 Å². The van der Waals surface area contributed by atoms with Gasteiger partial charge in [0.25, 0.3) is 0 Å². The molecule has 0 spiro atoms. The number of likely N-dealkylation sites (N-methyl/N-ethyl adjacent to an activating group) is 1. The van der Waals surface area contributed by atoms with Crippen LogP contribution in [0.25, 0.3) is 0 Å². The maximum atomic E-state index is 4.39. The van der Waals surface area contributed by atoms with Crippen molar-refractivity contribution in [1.29, 1.82) is 0 Å². The molecule has 0 radical (unpaired) electrons. The van der Waals surface area contributed by atoms with Gasteiger partial charge in [0.2, 0.25) is 0 Å². The standard InChI is InChI=1S/C11H16N2/c1-12-6-4-9-5-7-13-11(8-9)10-2-3-10/h5,7-8,10,12H,2-4,6H2,1H3. The Kier molecular flexibility index (Phi) is 2.60. The van der Waals surface area contributed by atoms with Crippen molar-refractivity contribution >= 4 is 0 Å². The lowest BCUT2D eigenvalue weighted by Crippen LogP contribution is -2.10. The van der Waals surface area contributed by atoms with Crippen LogP contribution < -0.4 is 5.32 Å². The molecule has 0 unspecified atom stereocenters. The third-order valence-corrected chi connectivity index (χ3v) is 2.50. The zero-order valence-electron chi connectivity index (χ0n) is 8.09. The second kappa shape index (κ2) is 3.88. The van der Waals surface area contributed by atoms with Crippen molar-refractivity contribution in [2.75, 3.05) is 13.6 Å². The van der Waals surface area contributed by atoms with Crippen molar-refractivity contribution in [1.82, 2.24) is 10.3 Å². The quantitative estimate of drug-likeness (QED) is 0.755. The molecule has 0 saturated heterocycles. The average Bonchev–Trinajstić information content (AvgIpc) is 2.98. The van der Waals surface area contributed by atoms with Crippen LogP contribution in [0.1, 0.15) is 30.0 Å². The summed E-state index contributed by atoms with van der Waals surface area (Å²) in [5.74, 6) is 0.773. The highest BCUT2D eigenvalue weighted by molar-refractivity contribution is 5.22. The molecule has 1 aliphatic carbocycles. The lowest BCUT2D eigenvalue weighted by molar-refractivity contribution is 0.788. The van der Waals surface area contributed by atoms with Gasteiger partial charge in [0.15, 0.2) is 0 Å². The van der Waals surface area contributed by atoms with Gasteiger partial charge in [-0.3, -0.25) is 4.98 Å². The van der Waals surface area contributed by atoms with E-state index in [1.54, 1.807) is 0 Å². The minimum Gasteiger partial charge on any atom is -0.319 e. The second-order valence-electron chi connectivity index (χ2n) is 3.72. The molecule has 0 amide bonds. The van der Waals surface area contributed by atoms with E-state index in [-0.39, 0.29) is 0 Å². The molecule has 2 heteroatoms. The SMILES string of the molecule is CNCCc1ccnc(C2CC2)c1. The number of nitrogens with one attached hydrogen (secondary N) is 1. The van der Waals surface area contributed by atoms with Crippen molar-refractivity contribution in [2.24, 2.45) is 0 Å². The van der Waals surface area contributed by atoms with Crippen LogP contribution in [-0.4, -0.2) is 18.6 Å². The Hall–Kier alpha value is -0.890. The predicted octanol–water partition coefficient (Wildman–Crippen LogP) is 1.72. The van der Waals surface area contributed by atoms with E-state index >= 15 is 0 Å². The Labute approximate surface area is 79.4 Å². The van der Waals surface area contributed by atoms with E-state index < -0.39 is 0 Å². The molecular formula is C11H16N2. The summed E-state index contributed by atoms with van der Waals surface area (Å²) < 4.78 is 0. The summed E-state index contributed by atoms with van der Waals surface area (Å²) in [7, 11) is 1.99. The van der Waals surface area contributed by atoms with Crippen LogP contribution in [0.5, 0.6) is 0 Å². The van der Waals surface area contributed by atoms with Gasteiger partial charge >= 0.3 is 0 Å². The molecule has 0 aliphatic heterocycles. The highest BCUT2D eigenvalue weighted by Gasteiger charge is 2.24. The Morgan fingerprint density at radius 1 is 1.54 bits per heavy atom. The van der Waals surface area contributed by atoms with Gasteiger partial charge in [0, 0.05) is 17.8 Å². The molecule has 2 rings (SSSR count). The van der Waals surface area contributed by atoms with Crippen molar-refractivity contribution in [3.05, 3.63) is 29.6 Å². The first-order valence-electron chi connectivity index (χ1n) is 4.99. The summed E-state index contributed by atoms with van der Waals surface area (Å²) >= 11 is 0. The molecule has 1 heterocycles. The maximum absolute atomic E-state index is 4.39. The number of aromatic nitrogens is 1. The number of hydrogen-bond donors (Lipinski definition) is 1. The lowest BCUT2D eigenvalue weighted by Gasteiger charge is -2.02. The normalized spacial score (nSPS) is 16.1.